The molecule has 1 aromatic carbocycles. The minimum Gasteiger partial charge on any atom is -0.324 e. The average molecular weight is 246 g/mol. The van der Waals surface area contributed by atoms with E-state index in [4.69, 9.17) is 11.6 Å². The fourth-order valence-electron chi connectivity index (χ4n) is 2.48. The largest absolute Gasteiger partial charge is 0.324 e. The summed E-state index contributed by atoms with van der Waals surface area (Å²) in [6.45, 7) is 1.99. The van der Waals surface area contributed by atoms with E-state index >= 15 is 0 Å². The van der Waals surface area contributed by atoms with Crippen LogP contribution in [0, 0.1) is 18.3 Å². The van der Waals surface area contributed by atoms with Crippen molar-refractivity contribution in [1.29, 1.82) is 5.26 Å². The molecule has 0 unspecified atom stereocenters. The van der Waals surface area contributed by atoms with E-state index in [0.717, 1.165) is 16.9 Å². The van der Waals surface area contributed by atoms with E-state index in [1.54, 1.807) is 6.07 Å². The topological polar surface area (TPSA) is 41.6 Å². The van der Waals surface area contributed by atoms with Crippen molar-refractivity contribution >= 4 is 22.6 Å². The summed E-state index contributed by atoms with van der Waals surface area (Å²) < 4.78 is 2.18. The van der Waals surface area contributed by atoms with Crippen LogP contribution in [0.15, 0.2) is 12.1 Å². The Morgan fingerprint density at radius 1 is 1.47 bits per heavy atom. The van der Waals surface area contributed by atoms with Gasteiger partial charge in [0.05, 0.1) is 21.6 Å². The molecular weight excluding hydrogens is 234 g/mol. The number of nitrogens with zero attached hydrogens (tertiary/aromatic N) is 3. The smallest absolute Gasteiger partial charge is 0.107 e. The van der Waals surface area contributed by atoms with Gasteiger partial charge in [0.25, 0.3) is 0 Å². The Morgan fingerprint density at radius 3 is 2.82 bits per heavy atom. The Balaban J connectivity index is 2.36. The van der Waals surface area contributed by atoms with Crippen molar-refractivity contribution in [1.82, 2.24) is 9.55 Å². The summed E-state index contributed by atoms with van der Waals surface area (Å²) in [6.07, 6.45) is 3.60. The molecule has 0 amide bonds. The maximum atomic E-state index is 9.25. The Labute approximate surface area is 105 Å². The molecule has 0 bridgehead atoms. The van der Waals surface area contributed by atoms with E-state index in [-0.39, 0.29) is 0 Å². The monoisotopic (exact) mass is 245 g/mol. The average Bonchev–Trinajstić information content (AvgIpc) is 2.55. The summed E-state index contributed by atoms with van der Waals surface area (Å²) in [5.74, 6) is 0.975. The molecule has 0 atom stereocenters. The van der Waals surface area contributed by atoms with Gasteiger partial charge in [0.15, 0.2) is 0 Å². The van der Waals surface area contributed by atoms with Gasteiger partial charge < -0.3 is 4.57 Å². The number of hydrogen-bond donors (Lipinski definition) is 0. The van der Waals surface area contributed by atoms with Crippen LogP contribution in [0.25, 0.3) is 11.0 Å². The number of fused-ring (bicyclic) bond motifs is 1. The maximum Gasteiger partial charge on any atom is 0.107 e. The van der Waals surface area contributed by atoms with Gasteiger partial charge in [0.1, 0.15) is 11.9 Å². The quantitative estimate of drug-likeness (QED) is 0.770. The van der Waals surface area contributed by atoms with Crippen molar-refractivity contribution in [3.63, 3.8) is 0 Å². The van der Waals surface area contributed by atoms with Gasteiger partial charge in [-0.2, -0.15) is 5.26 Å². The molecule has 1 aromatic heterocycles. The van der Waals surface area contributed by atoms with Crippen molar-refractivity contribution in [3.8, 4) is 6.07 Å². The molecule has 1 heterocycles. The van der Waals surface area contributed by atoms with Crippen LogP contribution >= 0.6 is 11.6 Å². The molecule has 0 N–H and O–H groups in total. The van der Waals surface area contributed by atoms with Crippen LogP contribution < -0.4 is 0 Å². The van der Waals surface area contributed by atoms with E-state index in [1.165, 1.54) is 19.3 Å². The van der Waals surface area contributed by atoms with E-state index in [9.17, 15) is 5.26 Å². The highest BCUT2D eigenvalue weighted by molar-refractivity contribution is 6.32. The first kappa shape index (κ1) is 10.6. The highest BCUT2D eigenvalue weighted by Gasteiger charge is 2.25. The molecule has 2 aromatic rings. The van der Waals surface area contributed by atoms with Crippen molar-refractivity contribution < 1.29 is 0 Å². The third-order valence-electron chi connectivity index (χ3n) is 3.53. The summed E-state index contributed by atoms with van der Waals surface area (Å²) in [7, 11) is 0. The van der Waals surface area contributed by atoms with E-state index in [1.807, 2.05) is 13.0 Å². The maximum absolute atomic E-state index is 9.25. The molecule has 1 aliphatic carbocycles. The van der Waals surface area contributed by atoms with Crippen molar-refractivity contribution in [3.05, 3.63) is 28.5 Å². The molecule has 3 rings (SSSR count). The van der Waals surface area contributed by atoms with Crippen LogP contribution in [-0.2, 0) is 0 Å². The zero-order valence-electron chi connectivity index (χ0n) is 9.57. The highest BCUT2D eigenvalue weighted by Crippen LogP contribution is 2.37. The third-order valence-corrected chi connectivity index (χ3v) is 3.84. The Bertz CT molecular complexity index is 632. The lowest BCUT2D eigenvalue weighted by Crippen LogP contribution is -2.18. The predicted octanol–water partition coefficient (Wildman–Crippen LogP) is 3.59. The second-order valence-electron chi connectivity index (χ2n) is 4.52. The zero-order chi connectivity index (χ0) is 12.0. The van der Waals surface area contributed by atoms with E-state index in [0.29, 0.717) is 16.6 Å². The van der Waals surface area contributed by atoms with Crippen LogP contribution in [0.2, 0.25) is 5.02 Å². The second kappa shape index (κ2) is 3.75. The SMILES string of the molecule is Cc1nc2ccc(Cl)c(C#N)c2n1C1CCC1. The third kappa shape index (κ3) is 1.44. The molecule has 0 radical (unpaired) electrons. The zero-order valence-corrected chi connectivity index (χ0v) is 10.3. The van der Waals surface area contributed by atoms with Gasteiger partial charge >= 0.3 is 0 Å². The fourth-order valence-corrected chi connectivity index (χ4v) is 2.67. The molecule has 86 valence electrons. The Hall–Kier alpha value is -1.53. The summed E-state index contributed by atoms with van der Waals surface area (Å²) in [4.78, 5) is 4.52. The molecule has 0 aliphatic heterocycles. The van der Waals surface area contributed by atoms with Gasteiger partial charge in [-0.05, 0) is 38.3 Å². The molecule has 1 aliphatic rings. The molecule has 1 fully saturated rings. The lowest BCUT2D eigenvalue weighted by atomic mass is 9.92. The lowest BCUT2D eigenvalue weighted by molar-refractivity contribution is 0.315. The fraction of sp³-hybridized carbons (Fsp3) is 0.385. The molecule has 17 heavy (non-hydrogen) atoms. The normalized spacial score (nSPS) is 15.8. The van der Waals surface area contributed by atoms with Crippen molar-refractivity contribution in [2.45, 2.75) is 32.2 Å². The minimum absolute atomic E-state index is 0.491. The predicted molar refractivity (Wildman–Crippen MR) is 67.1 cm³/mol. The number of rotatable bonds is 1. The highest BCUT2D eigenvalue weighted by atomic mass is 35.5. The lowest BCUT2D eigenvalue weighted by Gasteiger charge is -2.28. The number of imidazole rings is 1. The first-order valence-electron chi connectivity index (χ1n) is 5.79. The van der Waals surface area contributed by atoms with Gasteiger partial charge in [-0.3, -0.25) is 0 Å². The summed E-state index contributed by atoms with van der Waals surface area (Å²) in [5, 5.41) is 9.76. The van der Waals surface area contributed by atoms with Gasteiger partial charge in [-0.1, -0.05) is 11.6 Å². The number of aryl methyl sites for hydroxylation is 1. The number of halogens is 1. The summed E-state index contributed by atoms with van der Waals surface area (Å²) in [5.41, 5.74) is 2.33. The number of hydrogen-bond acceptors (Lipinski definition) is 2. The van der Waals surface area contributed by atoms with Gasteiger partial charge in [0.2, 0.25) is 0 Å². The molecular formula is C13H12ClN3. The second-order valence-corrected chi connectivity index (χ2v) is 4.92. The van der Waals surface area contributed by atoms with Gasteiger partial charge in [-0.25, -0.2) is 4.98 Å². The molecule has 4 heteroatoms. The first-order chi connectivity index (χ1) is 8.22. The first-order valence-corrected chi connectivity index (χ1v) is 6.17. The molecule has 0 spiro atoms. The van der Waals surface area contributed by atoms with Gasteiger partial charge in [-0.15, -0.1) is 0 Å². The van der Waals surface area contributed by atoms with Crippen LogP contribution in [-0.4, -0.2) is 9.55 Å². The minimum atomic E-state index is 0.491. The summed E-state index contributed by atoms with van der Waals surface area (Å²) in [6, 6.07) is 6.33. The summed E-state index contributed by atoms with van der Waals surface area (Å²) >= 11 is 6.09. The molecule has 0 saturated heterocycles. The number of aromatic nitrogens is 2. The Morgan fingerprint density at radius 2 is 2.24 bits per heavy atom. The van der Waals surface area contributed by atoms with Crippen LogP contribution in [0.4, 0.5) is 0 Å². The number of benzene rings is 1. The number of nitriles is 1. The van der Waals surface area contributed by atoms with Crippen molar-refractivity contribution in [2.75, 3.05) is 0 Å². The standard InChI is InChI=1S/C13H12ClN3/c1-8-16-12-6-5-11(14)10(7-15)13(12)17(8)9-3-2-4-9/h5-6,9H,2-4H2,1H3. The van der Waals surface area contributed by atoms with Gasteiger partial charge in [0, 0.05) is 6.04 Å². The molecule has 3 nitrogen and oxygen atoms in total. The van der Waals surface area contributed by atoms with E-state index < -0.39 is 0 Å². The van der Waals surface area contributed by atoms with Crippen LogP contribution in [0.5, 0.6) is 0 Å². The van der Waals surface area contributed by atoms with Crippen molar-refractivity contribution in [2.24, 2.45) is 0 Å². The Kier molecular flexibility index (Phi) is 2.34. The molecule has 1 saturated carbocycles. The van der Waals surface area contributed by atoms with Crippen LogP contribution in [0.1, 0.15) is 36.7 Å². The van der Waals surface area contributed by atoms with E-state index in [2.05, 4.69) is 15.6 Å². The van der Waals surface area contributed by atoms with Crippen LogP contribution in [0.3, 0.4) is 0 Å².